The fourth-order valence-corrected chi connectivity index (χ4v) is 5.36. The smallest absolute Gasteiger partial charge is 0.264 e. The molecule has 4 heterocycles. The van der Waals surface area contributed by atoms with E-state index in [-0.39, 0.29) is 24.1 Å². The van der Waals surface area contributed by atoms with Crippen LogP contribution in [0.15, 0.2) is 53.7 Å². The number of rotatable bonds is 4. The van der Waals surface area contributed by atoms with Gasteiger partial charge in [-0.15, -0.1) is 0 Å². The number of likely N-dealkylation sites (tertiary alicyclic amines) is 1. The van der Waals surface area contributed by atoms with Crippen LogP contribution >= 0.6 is 0 Å². The highest BCUT2D eigenvalue weighted by Crippen LogP contribution is 2.38. The molecule has 2 aromatic carbocycles. The Kier molecular flexibility index (Phi) is 5.90. The molecule has 1 saturated heterocycles. The molecule has 1 fully saturated rings. The summed E-state index contributed by atoms with van der Waals surface area (Å²) in [4.78, 5) is 33.0. The highest BCUT2D eigenvalue weighted by molar-refractivity contribution is 5.78. The monoisotopic (exact) mass is 499 g/mol. The highest BCUT2D eigenvalue weighted by atomic mass is 16.5. The van der Waals surface area contributed by atoms with Crippen molar-refractivity contribution in [2.75, 3.05) is 19.8 Å². The molecule has 1 unspecified atom stereocenters. The lowest BCUT2D eigenvalue weighted by atomic mass is 10.0. The van der Waals surface area contributed by atoms with E-state index in [1.165, 1.54) is 17.1 Å². The zero-order valence-corrected chi connectivity index (χ0v) is 21.0. The molecule has 1 amide bonds. The number of fused-ring (bicyclic) bond motifs is 2. The summed E-state index contributed by atoms with van der Waals surface area (Å²) in [6, 6.07) is 11.9. The molecule has 2 aliphatic heterocycles. The van der Waals surface area contributed by atoms with Crippen LogP contribution in [-0.4, -0.2) is 49.9 Å². The summed E-state index contributed by atoms with van der Waals surface area (Å²) in [5, 5.41) is 4.81. The van der Waals surface area contributed by atoms with Gasteiger partial charge < -0.3 is 14.4 Å². The lowest BCUT2D eigenvalue weighted by Crippen LogP contribution is -2.36. The number of nitrogens with zero attached hydrogens (tertiary/aromatic N) is 5. The first-order chi connectivity index (χ1) is 18.0. The summed E-state index contributed by atoms with van der Waals surface area (Å²) in [6.07, 6.45) is 5.58. The van der Waals surface area contributed by atoms with Crippen molar-refractivity contribution in [3.05, 3.63) is 76.0 Å². The Morgan fingerprint density at radius 1 is 1.03 bits per heavy atom. The predicted octanol–water partition coefficient (Wildman–Crippen LogP) is 3.72. The normalized spacial score (nSPS) is 17.2. The third-order valence-corrected chi connectivity index (χ3v) is 7.04. The lowest BCUT2D eigenvalue weighted by molar-refractivity contribution is -0.132. The van der Waals surface area contributed by atoms with Crippen molar-refractivity contribution in [1.29, 1.82) is 0 Å². The van der Waals surface area contributed by atoms with E-state index in [1.54, 1.807) is 4.68 Å². The fraction of sp³-hybridized carbons (Fsp3) is 0.357. The summed E-state index contributed by atoms with van der Waals surface area (Å²) < 4.78 is 14.7. The maximum atomic E-state index is 13.4. The van der Waals surface area contributed by atoms with Crippen molar-refractivity contribution in [3.8, 4) is 17.2 Å². The Labute approximate surface area is 214 Å². The van der Waals surface area contributed by atoms with Crippen LogP contribution in [0.5, 0.6) is 11.5 Å². The Hall–Kier alpha value is -4.14. The molecule has 0 saturated carbocycles. The fourth-order valence-electron chi connectivity index (χ4n) is 5.36. The summed E-state index contributed by atoms with van der Waals surface area (Å²) in [5.74, 6) is 1.35. The molecule has 190 valence electrons. The topological polar surface area (TPSA) is 91.5 Å². The van der Waals surface area contributed by atoms with Crippen molar-refractivity contribution in [3.63, 3.8) is 0 Å². The quantitative estimate of drug-likeness (QED) is 0.425. The number of aromatic nitrogens is 4. The minimum absolute atomic E-state index is 0.0654. The molecule has 0 bridgehead atoms. The van der Waals surface area contributed by atoms with E-state index in [0.29, 0.717) is 30.8 Å². The highest BCUT2D eigenvalue weighted by Gasteiger charge is 2.31. The third kappa shape index (κ3) is 4.34. The summed E-state index contributed by atoms with van der Waals surface area (Å²) in [5.41, 5.74) is 4.27. The number of hydrogen-bond donors (Lipinski definition) is 0. The van der Waals surface area contributed by atoms with Gasteiger partial charge in [-0.05, 0) is 67.6 Å². The summed E-state index contributed by atoms with van der Waals surface area (Å²) >= 11 is 0. The van der Waals surface area contributed by atoms with Crippen LogP contribution in [0.4, 0.5) is 0 Å². The molecule has 2 aliphatic rings. The second-order valence-corrected chi connectivity index (χ2v) is 9.82. The first kappa shape index (κ1) is 23.3. The predicted molar refractivity (Wildman–Crippen MR) is 138 cm³/mol. The van der Waals surface area contributed by atoms with Crippen LogP contribution in [0.2, 0.25) is 0 Å². The Morgan fingerprint density at radius 3 is 2.62 bits per heavy atom. The van der Waals surface area contributed by atoms with Gasteiger partial charge in [0.25, 0.3) is 5.56 Å². The Morgan fingerprint density at radius 2 is 1.81 bits per heavy atom. The number of amides is 1. The van der Waals surface area contributed by atoms with Crippen LogP contribution in [0.3, 0.4) is 0 Å². The van der Waals surface area contributed by atoms with Crippen LogP contribution in [-0.2, 0) is 11.3 Å². The molecular weight excluding hydrogens is 470 g/mol. The van der Waals surface area contributed by atoms with Gasteiger partial charge in [-0.2, -0.15) is 5.10 Å². The number of carbonyl (C=O) groups is 1. The van der Waals surface area contributed by atoms with E-state index in [0.717, 1.165) is 53.1 Å². The van der Waals surface area contributed by atoms with Crippen molar-refractivity contribution in [2.24, 2.45) is 0 Å². The van der Waals surface area contributed by atoms with Gasteiger partial charge in [0.2, 0.25) is 5.91 Å². The molecule has 4 aromatic rings. The molecule has 37 heavy (non-hydrogen) atoms. The second kappa shape index (κ2) is 9.38. The number of aryl methyl sites for hydroxylation is 2. The Bertz CT molecular complexity index is 1540. The van der Waals surface area contributed by atoms with E-state index in [1.807, 2.05) is 49.1 Å². The van der Waals surface area contributed by atoms with Crippen LogP contribution < -0.4 is 15.0 Å². The first-order valence-corrected chi connectivity index (χ1v) is 12.7. The standard InChI is InChI=1S/C28H29N5O4/c1-18-11-19(2)13-21(12-18)33-27-22(15-30-33)28(35)31(17-29-27)16-26(34)32-8-3-5-23(32)20-6-7-24-25(14-20)37-10-4-9-36-24/h6-7,11-15,17,23H,3-5,8-10,16H2,1-2H3. The number of benzene rings is 2. The van der Waals surface area contributed by atoms with Crippen molar-refractivity contribution in [2.45, 2.75) is 45.7 Å². The van der Waals surface area contributed by atoms with Gasteiger partial charge in [0.05, 0.1) is 31.1 Å². The van der Waals surface area contributed by atoms with Crippen LogP contribution in [0.25, 0.3) is 16.7 Å². The van der Waals surface area contributed by atoms with Gasteiger partial charge in [-0.3, -0.25) is 14.2 Å². The van der Waals surface area contributed by atoms with Crippen molar-refractivity contribution in [1.82, 2.24) is 24.2 Å². The second-order valence-electron chi connectivity index (χ2n) is 9.82. The van der Waals surface area contributed by atoms with Gasteiger partial charge in [-0.1, -0.05) is 12.1 Å². The van der Waals surface area contributed by atoms with Gasteiger partial charge in [0, 0.05) is 13.0 Å². The van der Waals surface area contributed by atoms with Gasteiger partial charge in [-0.25, -0.2) is 9.67 Å². The molecule has 2 aromatic heterocycles. The number of ether oxygens (including phenoxy) is 2. The summed E-state index contributed by atoms with van der Waals surface area (Å²) in [7, 11) is 0. The van der Waals surface area contributed by atoms with Crippen molar-refractivity contribution < 1.29 is 14.3 Å². The molecule has 0 spiro atoms. The first-order valence-electron chi connectivity index (χ1n) is 12.7. The lowest BCUT2D eigenvalue weighted by Gasteiger charge is -2.26. The van der Waals surface area contributed by atoms with Crippen LogP contribution in [0, 0.1) is 13.8 Å². The van der Waals surface area contributed by atoms with Gasteiger partial charge >= 0.3 is 0 Å². The van der Waals surface area contributed by atoms with Gasteiger partial charge in [0.1, 0.15) is 18.3 Å². The number of hydrogen-bond acceptors (Lipinski definition) is 6. The minimum atomic E-state index is -0.277. The van der Waals surface area contributed by atoms with E-state index in [2.05, 4.69) is 16.1 Å². The average molecular weight is 500 g/mol. The maximum Gasteiger partial charge on any atom is 0.264 e. The van der Waals surface area contributed by atoms with E-state index >= 15 is 0 Å². The molecule has 9 nitrogen and oxygen atoms in total. The largest absolute Gasteiger partial charge is 0.490 e. The summed E-state index contributed by atoms with van der Waals surface area (Å²) in [6.45, 7) is 5.86. The number of carbonyl (C=O) groups excluding carboxylic acids is 1. The zero-order valence-electron chi connectivity index (χ0n) is 21.0. The molecule has 6 rings (SSSR count). The zero-order chi connectivity index (χ0) is 25.5. The van der Waals surface area contributed by atoms with Gasteiger partial charge in [0.15, 0.2) is 17.1 Å². The maximum absolute atomic E-state index is 13.4. The molecule has 0 aliphatic carbocycles. The molecule has 1 atom stereocenters. The minimum Gasteiger partial charge on any atom is -0.490 e. The Balaban J connectivity index is 1.25. The van der Waals surface area contributed by atoms with Crippen molar-refractivity contribution >= 4 is 16.9 Å². The third-order valence-electron chi connectivity index (χ3n) is 7.04. The van der Waals surface area contributed by atoms with E-state index in [4.69, 9.17) is 9.47 Å². The van der Waals surface area contributed by atoms with E-state index in [9.17, 15) is 9.59 Å². The molecule has 0 radical (unpaired) electrons. The SMILES string of the molecule is Cc1cc(C)cc(-n2ncc3c(=O)n(CC(=O)N4CCCC4c4ccc5c(c4)OCCCO5)cnc32)c1. The van der Waals surface area contributed by atoms with E-state index < -0.39 is 0 Å². The molecule has 9 heteroatoms. The van der Waals surface area contributed by atoms with Crippen LogP contribution in [0.1, 0.15) is 42.0 Å². The average Bonchev–Trinajstić information content (AvgIpc) is 3.47. The molecular formula is C28H29N5O4. The molecule has 0 N–H and O–H groups in total.